The Kier molecular flexibility index (Phi) is 6.86. The molecule has 0 aliphatic rings. The van der Waals surface area contributed by atoms with Crippen LogP contribution >= 0.6 is 34.7 Å². The molecule has 0 aliphatic carbocycles. The molecule has 1 aromatic heterocycles. The number of aromatic nitrogens is 2. The van der Waals surface area contributed by atoms with Crippen LogP contribution in [-0.4, -0.2) is 55.2 Å². The molecule has 1 unspecified atom stereocenters. The van der Waals surface area contributed by atoms with E-state index in [1.165, 1.54) is 49.3 Å². The number of anilines is 2. The summed E-state index contributed by atoms with van der Waals surface area (Å²) >= 11 is 8.61. The molecule has 12 heteroatoms. The first-order valence-corrected chi connectivity index (χ1v) is 10.9. The van der Waals surface area contributed by atoms with E-state index >= 15 is 0 Å². The van der Waals surface area contributed by atoms with Crippen LogP contribution in [0.2, 0.25) is 5.02 Å². The number of halogens is 1. The summed E-state index contributed by atoms with van der Waals surface area (Å²) in [6.07, 6.45) is 0. The van der Waals surface area contributed by atoms with Gasteiger partial charge in [-0.25, -0.2) is 12.7 Å². The van der Waals surface area contributed by atoms with E-state index in [9.17, 15) is 13.2 Å². The first kappa shape index (κ1) is 20.9. The van der Waals surface area contributed by atoms with Crippen molar-refractivity contribution >= 4 is 61.4 Å². The fourth-order valence-corrected chi connectivity index (χ4v) is 5.03. The summed E-state index contributed by atoms with van der Waals surface area (Å²) < 4.78 is 26.3. The number of thioether (sulfide) groups is 1. The largest absolute Gasteiger partial charge is 0.363 e. The molecule has 2 rings (SSSR count). The average Bonchev–Trinajstić information content (AvgIpc) is 3.03. The Hall–Kier alpha value is -1.40. The predicted molar refractivity (Wildman–Crippen MR) is 106 cm³/mol. The fraction of sp³-hybridized carbons (Fsp3) is 0.357. The Morgan fingerprint density at radius 2 is 2.04 bits per heavy atom. The normalized spacial score (nSPS) is 12.8. The number of carbonyl (C=O) groups is 1. The molecule has 1 aromatic carbocycles. The SMILES string of the molecule is CNc1nnc(SC(C)C(=O)Nc2ccc(Cl)c(S(=O)(=O)N(C)C)c2)s1. The van der Waals surface area contributed by atoms with Crippen LogP contribution in [0.3, 0.4) is 0 Å². The van der Waals surface area contributed by atoms with Crippen molar-refractivity contribution < 1.29 is 13.2 Å². The number of amides is 1. The predicted octanol–water partition coefficient (Wildman–Crippen LogP) is 2.60. The van der Waals surface area contributed by atoms with Crippen LogP contribution in [0.4, 0.5) is 10.8 Å². The lowest BCUT2D eigenvalue weighted by atomic mass is 10.3. The molecule has 26 heavy (non-hydrogen) atoms. The van der Waals surface area contributed by atoms with E-state index in [1.54, 1.807) is 20.0 Å². The van der Waals surface area contributed by atoms with Crippen LogP contribution in [-0.2, 0) is 14.8 Å². The fourth-order valence-electron chi connectivity index (χ4n) is 1.78. The summed E-state index contributed by atoms with van der Waals surface area (Å²) in [5.41, 5.74) is 0.348. The highest BCUT2D eigenvalue weighted by Crippen LogP contribution is 2.30. The highest BCUT2D eigenvalue weighted by Gasteiger charge is 2.22. The molecule has 0 bridgehead atoms. The van der Waals surface area contributed by atoms with Crippen molar-refractivity contribution in [3.05, 3.63) is 23.2 Å². The first-order valence-electron chi connectivity index (χ1n) is 7.36. The molecule has 0 fully saturated rings. The van der Waals surface area contributed by atoms with Gasteiger partial charge in [0, 0.05) is 26.8 Å². The van der Waals surface area contributed by atoms with E-state index in [-0.39, 0.29) is 15.8 Å². The Labute approximate surface area is 165 Å². The summed E-state index contributed by atoms with van der Waals surface area (Å²) in [4.78, 5) is 12.3. The molecule has 1 heterocycles. The molecule has 0 aliphatic heterocycles. The second-order valence-corrected chi connectivity index (χ2v) is 10.4. The Morgan fingerprint density at radius 1 is 1.35 bits per heavy atom. The van der Waals surface area contributed by atoms with Crippen LogP contribution in [0, 0.1) is 0 Å². The van der Waals surface area contributed by atoms with Crippen molar-refractivity contribution in [1.82, 2.24) is 14.5 Å². The zero-order chi connectivity index (χ0) is 19.5. The minimum absolute atomic E-state index is 0.0648. The van der Waals surface area contributed by atoms with Gasteiger partial charge >= 0.3 is 0 Å². The molecule has 2 aromatic rings. The molecule has 1 amide bonds. The first-order chi connectivity index (χ1) is 12.1. The van der Waals surface area contributed by atoms with Gasteiger partial charge in [-0.15, -0.1) is 10.2 Å². The van der Waals surface area contributed by atoms with E-state index in [0.717, 1.165) is 4.31 Å². The summed E-state index contributed by atoms with van der Waals surface area (Å²) in [5.74, 6) is -0.285. The Balaban J connectivity index is 2.13. The lowest BCUT2D eigenvalue weighted by Crippen LogP contribution is -2.24. The number of carbonyl (C=O) groups excluding carboxylic acids is 1. The second-order valence-electron chi connectivity index (χ2n) is 5.31. The van der Waals surface area contributed by atoms with Crippen molar-refractivity contribution in [3.63, 3.8) is 0 Å². The van der Waals surface area contributed by atoms with Gasteiger partial charge in [0.15, 0.2) is 4.34 Å². The molecule has 1 atom stereocenters. The lowest BCUT2D eigenvalue weighted by Gasteiger charge is -2.15. The van der Waals surface area contributed by atoms with Crippen LogP contribution in [0.25, 0.3) is 0 Å². The molecule has 0 saturated carbocycles. The molecular weight excluding hydrogens is 418 g/mol. The van der Waals surface area contributed by atoms with Crippen LogP contribution in [0.15, 0.2) is 27.4 Å². The maximum absolute atomic E-state index is 12.4. The van der Waals surface area contributed by atoms with Gasteiger partial charge in [-0.05, 0) is 25.1 Å². The second kappa shape index (κ2) is 8.53. The Morgan fingerprint density at radius 3 is 2.62 bits per heavy atom. The van der Waals surface area contributed by atoms with Crippen molar-refractivity contribution in [3.8, 4) is 0 Å². The maximum atomic E-state index is 12.4. The van der Waals surface area contributed by atoms with Crippen molar-refractivity contribution in [2.75, 3.05) is 31.8 Å². The van der Waals surface area contributed by atoms with E-state index in [1.807, 2.05) is 0 Å². The number of nitrogens with zero attached hydrogens (tertiary/aromatic N) is 3. The minimum atomic E-state index is -3.71. The summed E-state index contributed by atoms with van der Waals surface area (Å²) in [6.45, 7) is 1.73. The number of benzene rings is 1. The smallest absolute Gasteiger partial charge is 0.244 e. The molecule has 0 radical (unpaired) electrons. The molecule has 8 nitrogen and oxygen atoms in total. The van der Waals surface area contributed by atoms with Gasteiger partial charge in [-0.1, -0.05) is 34.7 Å². The molecule has 2 N–H and O–H groups in total. The minimum Gasteiger partial charge on any atom is -0.363 e. The van der Waals surface area contributed by atoms with Gasteiger partial charge in [0.05, 0.1) is 10.3 Å². The zero-order valence-corrected chi connectivity index (χ0v) is 17.7. The quantitative estimate of drug-likeness (QED) is 0.644. The number of hydrogen-bond donors (Lipinski definition) is 2. The summed E-state index contributed by atoms with van der Waals surface area (Å²) in [5, 5.41) is 13.8. The van der Waals surface area contributed by atoms with Gasteiger partial charge in [0.25, 0.3) is 0 Å². The standard InChI is InChI=1S/C14H18ClN5O3S3/c1-8(24-14-19-18-13(16-2)25-14)12(21)17-9-5-6-10(15)11(7-9)26(22,23)20(3)4/h5-8H,1-4H3,(H,16,18)(H,17,21). The van der Waals surface area contributed by atoms with Gasteiger partial charge < -0.3 is 10.6 Å². The van der Waals surface area contributed by atoms with Crippen molar-refractivity contribution in [2.45, 2.75) is 21.4 Å². The third kappa shape index (κ3) is 4.86. The third-order valence-corrected chi connectivity index (χ3v) is 7.65. The summed E-state index contributed by atoms with van der Waals surface area (Å²) in [7, 11) is 0.855. The highest BCUT2D eigenvalue weighted by molar-refractivity contribution is 8.02. The molecule has 142 valence electrons. The number of nitrogens with one attached hydrogen (secondary N) is 2. The highest BCUT2D eigenvalue weighted by atomic mass is 35.5. The average molecular weight is 436 g/mol. The van der Waals surface area contributed by atoms with Crippen LogP contribution < -0.4 is 10.6 Å². The van der Waals surface area contributed by atoms with Crippen LogP contribution in [0.1, 0.15) is 6.92 Å². The zero-order valence-electron chi connectivity index (χ0n) is 14.5. The van der Waals surface area contributed by atoms with Crippen molar-refractivity contribution in [1.29, 1.82) is 0 Å². The van der Waals surface area contributed by atoms with E-state index in [0.29, 0.717) is 15.2 Å². The maximum Gasteiger partial charge on any atom is 0.244 e. The van der Waals surface area contributed by atoms with E-state index < -0.39 is 15.3 Å². The van der Waals surface area contributed by atoms with Gasteiger partial charge in [0.2, 0.25) is 21.1 Å². The van der Waals surface area contributed by atoms with Gasteiger partial charge in [-0.2, -0.15) is 0 Å². The van der Waals surface area contributed by atoms with Gasteiger partial charge in [-0.3, -0.25) is 4.79 Å². The van der Waals surface area contributed by atoms with Gasteiger partial charge in [0.1, 0.15) is 4.90 Å². The molecule has 0 spiro atoms. The monoisotopic (exact) mass is 435 g/mol. The Bertz CT molecular complexity index is 901. The lowest BCUT2D eigenvalue weighted by molar-refractivity contribution is -0.115. The third-order valence-electron chi connectivity index (χ3n) is 3.22. The van der Waals surface area contributed by atoms with E-state index in [4.69, 9.17) is 11.6 Å². The van der Waals surface area contributed by atoms with E-state index in [2.05, 4.69) is 20.8 Å². The van der Waals surface area contributed by atoms with Crippen molar-refractivity contribution in [2.24, 2.45) is 0 Å². The number of rotatable bonds is 7. The summed E-state index contributed by atoms with van der Waals surface area (Å²) in [6, 6.07) is 4.34. The van der Waals surface area contributed by atoms with Crippen LogP contribution in [0.5, 0.6) is 0 Å². The molecule has 0 saturated heterocycles. The topological polar surface area (TPSA) is 104 Å². The number of sulfonamides is 1. The molecular formula is C14H18ClN5O3S3. The number of hydrogen-bond acceptors (Lipinski definition) is 8.